The average Bonchev–Trinajstić information content (AvgIpc) is 3.07. The molecule has 2 heterocycles. The second-order valence-electron chi connectivity index (χ2n) is 6.48. The first-order valence-corrected chi connectivity index (χ1v) is 7.69. The summed E-state index contributed by atoms with van der Waals surface area (Å²) < 4.78 is 6.28. The molecule has 1 aliphatic heterocycles. The predicted octanol–water partition coefficient (Wildman–Crippen LogP) is 2.00. The Morgan fingerprint density at radius 3 is 2.50 bits per heavy atom. The van der Waals surface area contributed by atoms with E-state index in [-0.39, 0.29) is 5.91 Å². The van der Waals surface area contributed by atoms with Gasteiger partial charge in [-0.1, -0.05) is 13.8 Å². The molecular formula is C17H20N4O3. The molecule has 1 aliphatic rings. The molecule has 1 aromatic heterocycles. The van der Waals surface area contributed by atoms with Gasteiger partial charge in [0.1, 0.15) is 0 Å². The van der Waals surface area contributed by atoms with Gasteiger partial charge in [0, 0.05) is 12.0 Å². The van der Waals surface area contributed by atoms with E-state index >= 15 is 0 Å². The van der Waals surface area contributed by atoms with E-state index in [0.717, 1.165) is 12.1 Å². The molecule has 0 aliphatic carbocycles. The number of nitrogens with two attached hydrogens (primary N) is 1. The van der Waals surface area contributed by atoms with Crippen molar-refractivity contribution >= 4 is 23.4 Å². The lowest BCUT2D eigenvalue weighted by atomic mass is 9.92. The number of nitrogen functional groups attached to an aromatic ring is 1. The fraction of sp³-hybridized carbons (Fsp3) is 0.353. The van der Waals surface area contributed by atoms with Crippen molar-refractivity contribution in [3.05, 3.63) is 36.0 Å². The number of hydrogen-bond donors (Lipinski definition) is 1. The van der Waals surface area contributed by atoms with Crippen molar-refractivity contribution in [2.45, 2.75) is 20.3 Å². The number of aromatic nitrogens is 2. The quantitative estimate of drug-likeness (QED) is 0.870. The molecule has 0 unspecified atom stereocenters. The van der Waals surface area contributed by atoms with E-state index in [1.165, 1.54) is 7.11 Å². The number of anilines is 2. The third kappa shape index (κ3) is 2.62. The van der Waals surface area contributed by atoms with Crippen LogP contribution in [0.2, 0.25) is 0 Å². The lowest BCUT2D eigenvalue weighted by Crippen LogP contribution is -2.31. The molecule has 1 aromatic carbocycles. The van der Waals surface area contributed by atoms with Gasteiger partial charge >= 0.3 is 5.97 Å². The summed E-state index contributed by atoms with van der Waals surface area (Å²) in [5, 5.41) is 4.45. The van der Waals surface area contributed by atoms with E-state index in [2.05, 4.69) is 9.84 Å². The molecule has 0 atom stereocenters. The number of nitrogens with zero attached hydrogens (tertiary/aromatic N) is 3. The van der Waals surface area contributed by atoms with E-state index in [1.807, 2.05) is 13.8 Å². The van der Waals surface area contributed by atoms with Crippen molar-refractivity contribution < 1.29 is 14.3 Å². The number of amides is 1. The highest BCUT2D eigenvalue weighted by Gasteiger charge is 2.40. The van der Waals surface area contributed by atoms with Gasteiger partial charge in [0.2, 0.25) is 5.91 Å². The number of carbonyl (C=O) groups excluding carboxylic acids is 2. The number of esters is 1. The molecule has 0 bridgehead atoms. The molecule has 126 valence electrons. The van der Waals surface area contributed by atoms with Crippen LogP contribution in [0, 0.1) is 5.41 Å². The fourth-order valence-corrected chi connectivity index (χ4v) is 2.76. The van der Waals surface area contributed by atoms with Crippen LogP contribution < -0.4 is 10.6 Å². The van der Waals surface area contributed by atoms with Crippen LogP contribution in [0.15, 0.2) is 30.5 Å². The summed E-state index contributed by atoms with van der Waals surface area (Å²) in [7, 11) is 1.34. The number of ether oxygens (including phenoxy) is 1. The largest absolute Gasteiger partial charge is 0.465 e. The number of benzene rings is 1. The number of carbonyl (C=O) groups is 2. The molecule has 2 N–H and O–H groups in total. The van der Waals surface area contributed by atoms with Crippen LogP contribution in [0.3, 0.4) is 0 Å². The Balaban J connectivity index is 1.89. The summed E-state index contributed by atoms with van der Waals surface area (Å²) >= 11 is 0. The van der Waals surface area contributed by atoms with Crippen LogP contribution in [0.5, 0.6) is 0 Å². The lowest BCUT2D eigenvalue weighted by Gasteiger charge is -2.17. The summed E-state index contributed by atoms with van der Waals surface area (Å²) in [5.41, 5.74) is 7.31. The topological polar surface area (TPSA) is 90.5 Å². The van der Waals surface area contributed by atoms with Gasteiger partial charge in [0.25, 0.3) is 0 Å². The minimum atomic E-state index is -0.396. The van der Waals surface area contributed by atoms with Gasteiger partial charge < -0.3 is 10.5 Å². The van der Waals surface area contributed by atoms with E-state index in [1.54, 1.807) is 40.0 Å². The maximum atomic E-state index is 12.4. The monoisotopic (exact) mass is 328 g/mol. The predicted molar refractivity (Wildman–Crippen MR) is 90.1 cm³/mol. The van der Waals surface area contributed by atoms with E-state index in [9.17, 15) is 9.59 Å². The zero-order chi connectivity index (χ0) is 17.5. The van der Waals surface area contributed by atoms with Crippen LogP contribution in [0.25, 0.3) is 5.69 Å². The maximum Gasteiger partial charge on any atom is 0.337 e. The first-order chi connectivity index (χ1) is 11.3. The third-order valence-corrected chi connectivity index (χ3v) is 4.32. The molecule has 0 radical (unpaired) electrons. The summed E-state index contributed by atoms with van der Waals surface area (Å²) in [6.07, 6.45) is 2.44. The molecule has 1 saturated heterocycles. The molecule has 7 heteroatoms. The van der Waals surface area contributed by atoms with E-state index < -0.39 is 11.4 Å². The van der Waals surface area contributed by atoms with Gasteiger partial charge in [-0.2, -0.15) is 0 Å². The highest BCUT2D eigenvalue weighted by molar-refractivity contribution is 6.00. The molecular weight excluding hydrogens is 308 g/mol. The van der Waals surface area contributed by atoms with Crippen LogP contribution in [0.4, 0.5) is 11.5 Å². The zero-order valence-corrected chi connectivity index (χ0v) is 13.9. The van der Waals surface area contributed by atoms with Gasteiger partial charge in [-0.25, -0.2) is 9.48 Å². The molecule has 24 heavy (non-hydrogen) atoms. The van der Waals surface area contributed by atoms with Crippen LogP contribution >= 0.6 is 0 Å². The number of rotatable bonds is 3. The van der Waals surface area contributed by atoms with Gasteiger partial charge in [-0.05, 0) is 30.7 Å². The van der Waals surface area contributed by atoms with Gasteiger partial charge in [-0.3, -0.25) is 9.69 Å². The van der Waals surface area contributed by atoms with Crippen molar-refractivity contribution in [3.8, 4) is 5.69 Å². The molecule has 1 amide bonds. The normalized spacial score (nSPS) is 16.5. The second kappa shape index (κ2) is 5.67. The van der Waals surface area contributed by atoms with Crippen molar-refractivity contribution in [1.29, 1.82) is 0 Å². The Morgan fingerprint density at radius 2 is 1.96 bits per heavy atom. The average molecular weight is 328 g/mol. The Hall–Kier alpha value is -2.83. The molecule has 2 aromatic rings. The summed E-state index contributed by atoms with van der Waals surface area (Å²) in [6.45, 7) is 4.45. The standard InChI is InChI=1S/C17H20N4O3/c1-17(2)8-9-20(16(17)23)14-13(18)10-21(19-14)12-6-4-11(5-7-12)15(22)24-3/h4-7,10H,8-9,18H2,1-3H3. The van der Waals surface area contributed by atoms with Crippen molar-refractivity contribution in [2.24, 2.45) is 5.41 Å². The number of methoxy groups -OCH3 is 1. The third-order valence-electron chi connectivity index (χ3n) is 4.32. The van der Waals surface area contributed by atoms with E-state index in [4.69, 9.17) is 5.73 Å². The minimum Gasteiger partial charge on any atom is -0.465 e. The van der Waals surface area contributed by atoms with Crippen LogP contribution in [0.1, 0.15) is 30.6 Å². The minimum absolute atomic E-state index is 0.0282. The van der Waals surface area contributed by atoms with Gasteiger partial charge in [0.05, 0.1) is 30.2 Å². The molecule has 7 nitrogen and oxygen atoms in total. The first kappa shape index (κ1) is 16.0. The van der Waals surface area contributed by atoms with Gasteiger partial charge in [0.15, 0.2) is 5.82 Å². The van der Waals surface area contributed by atoms with Crippen molar-refractivity contribution in [2.75, 3.05) is 24.3 Å². The summed E-state index contributed by atoms with van der Waals surface area (Å²) in [5.74, 6) is 0.107. The Labute approximate surface area is 140 Å². The molecule has 3 rings (SSSR count). The first-order valence-electron chi connectivity index (χ1n) is 7.69. The molecule has 0 spiro atoms. The highest BCUT2D eigenvalue weighted by Crippen LogP contribution is 2.35. The van der Waals surface area contributed by atoms with Crippen LogP contribution in [-0.4, -0.2) is 35.3 Å². The smallest absolute Gasteiger partial charge is 0.337 e. The van der Waals surface area contributed by atoms with Crippen molar-refractivity contribution in [3.63, 3.8) is 0 Å². The number of hydrogen-bond acceptors (Lipinski definition) is 5. The Bertz CT molecular complexity index is 793. The summed E-state index contributed by atoms with van der Waals surface area (Å²) in [6, 6.07) is 6.81. The van der Waals surface area contributed by atoms with Gasteiger partial charge in [-0.15, -0.1) is 5.10 Å². The summed E-state index contributed by atoms with van der Waals surface area (Å²) in [4.78, 5) is 25.6. The van der Waals surface area contributed by atoms with Crippen LogP contribution in [-0.2, 0) is 9.53 Å². The Kier molecular flexibility index (Phi) is 3.79. The highest BCUT2D eigenvalue weighted by atomic mass is 16.5. The van der Waals surface area contributed by atoms with E-state index in [0.29, 0.717) is 23.6 Å². The lowest BCUT2D eigenvalue weighted by molar-refractivity contribution is -0.124. The maximum absolute atomic E-state index is 12.4. The SMILES string of the molecule is COC(=O)c1ccc(-n2cc(N)c(N3CCC(C)(C)C3=O)n2)cc1. The second-order valence-corrected chi connectivity index (χ2v) is 6.48. The molecule has 1 fully saturated rings. The molecule has 0 saturated carbocycles. The Morgan fingerprint density at radius 1 is 1.29 bits per heavy atom. The van der Waals surface area contributed by atoms with Crippen molar-refractivity contribution in [1.82, 2.24) is 9.78 Å². The zero-order valence-electron chi connectivity index (χ0n) is 13.9. The fourth-order valence-electron chi connectivity index (χ4n) is 2.76.